The molecule has 0 saturated carbocycles. The summed E-state index contributed by atoms with van der Waals surface area (Å²) in [5.41, 5.74) is 4.22. The van der Waals surface area contributed by atoms with Gasteiger partial charge >= 0.3 is 0 Å². The molecule has 2 aromatic rings. The van der Waals surface area contributed by atoms with Gasteiger partial charge in [-0.05, 0) is 37.1 Å². The van der Waals surface area contributed by atoms with Crippen LogP contribution < -0.4 is 5.32 Å². The van der Waals surface area contributed by atoms with Crippen LogP contribution in [0, 0.1) is 0 Å². The zero-order valence-electron chi connectivity index (χ0n) is 12.6. The van der Waals surface area contributed by atoms with Crippen LogP contribution in [0.3, 0.4) is 0 Å². The fourth-order valence-corrected chi connectivity index (χ4v) is 3.62. The van der Waals surface area contributed by atoms with E-state index < -0.39 is 0 Å². The van der Waals surface area contributed by atoms with Crippen molar-refractivity contribution < 1.29 is 0 Å². The highest BCUT2D eigenvalue weighted by atomic mass is 32.1. The summed E-state index contributed by atoms with van der Waals surface area (Å²) in [5, 5.41) is 6.75. The van der Waals surface area contributed by atoms with Crippen LogP contribution in [-0.4, -0.2) is 23.0 Å². The molecule has 0 bridgehead atoms. The lowest BCUT2D eigenvalue weighted by atomic mass is 10.0. The zero-order valence-corrected chi connectivity index (χ0v) is 13.5. The van der Waals surface area contributed by atoms with E-state index in [2.05, 4.69) is 46.8 Å². The predicted octanol–water partition coefficient (Wildman–Crippen LogP) is 3.20. The first kappa shape index (κ1) is 14.7. The fraction of sp³-hybridized carbons (Fsp3) is 0.471. The summed E-state index contributed by atoms with van der Waals surface area (Å²) < 4.78 is 0. The number of nitrogens with one attached hydrogen (secondary N) is 1. The molecule has 3 rings (SSSR count). The third-order valence-electron chi connectivity index (χ3n) is 3.94. The van der Waals surface area contributed by atoms with E-state index in [1.807, 2.05) is 0 Å². The van der Waals surface area contributed by atoms with Gasteiger partial charge in [0.2, 0.25) is 0 Å². The zero-order chi connectivity index (χ0) is 14.5. The molecule has 0 fully saturated rings. The van der Waals surface area contributed by atoms with Crippen molar-refractivity contribution >= 4 is 11.3 Å². The van der Waals surface area contributed by atoms with Crippen molar-refractivity contribution in [2.24, 2.45) is 0 Å². The average Bonchev–Trinajstić information content (AvgIpc) is 2.83. The molecule has 0 saturated heterocycles. The number of aryl methyl sites for hydroxylation is 1. The third kappa shape index (κ3) is 3.90. The van der Waals surface area contributed by atoms with E-state index in [-0.39, 0.29) is 0 Å². The van der Waals surface area contributed by atoms with Gasteiger partial charge < -0.3 is 5.32 Å². The van der Waals surface area contributed by atoms with Gasteiger partial charge in [-0.2, -0.15) is 0 Å². The van der Waals surface area contributed by atoms with Gasteiger partial charge in [0.05, 0.1) is 5.69 Å². The molecule has 1 N–H and O–H groups in total. The Kier molecular flexibility index (Phi) is 5.01. The lowest BCUT2D eigenvalue weighted by molar-refractivity contribution is 0.258. The minimum absolute atomic E-state index is 0.893. The van der Waals surface area contributed by atoms with Crippen LogP contribution in [0.2, 0.25) is 0 Å². The second kappa shape index (κ2) is 7.16. The molecule has 0 atom stereocenters. The summed E-state index contributed by atoms with van der Waals surface area (Å²) in [6, 6.07) is 8.85. The van der Waals surface area contributed by atoms with Crippen molar-refractivity contribution in [2.45, 2.75) is 39.4 Å². The normalized spacial score (nSPS) is 15.7. The molecule has 1 aliphatic rings. The van der Waals surface area contributed by atoms with E-state index in [1.54, 1.807) is 11.3 Å². The van der Waals surface area contributed by atoms with Crippen LogP contribution in [0.15, 0.2) is 29.6 Å². The smallest absolute Gasteiger partial charge is 0.107 e. The molecule has 112 valence electrons. The molecule has 4 heteroatoms. The van der Waals surface area contributed by atoms with Crippen LogP contribution in [-0.2, 0) is 26.1 Å². The first-order valence-electron chi connectivity index (χ1n) is 7.78. The summed E-state index contributed by atoms with van der Waals surface area (Å²) in [4.78, 5) is 7.27. The molecular formula is C17H23N3S. The third-order valence-corrected chi connectivity index (χ3v) is 4.84. The number of benzene rings is 1. The van der Waals surface area contributed by atoms with Crippen molar-refractivity contribution in [3.63, 3.8) is 0 Å². The minimum Gasteiger partial charge on any atom is -0.311 e. The van der Waals surface area contributed by atoms with Crippen molar-refractivity contribution in [3.8, 4) is 0 Å². The first-order valence-corrected chi connectivity index (χ1v) is 8.66. The fourth-order valence-electron chi connectivity index (χ4n) is 2.87. The molecule has 2 heterocycles. The number of rotatable bonds is 5. The van der Waals surface area contributed by atoms with Gasteiger partial charge in [-0.1, -0.05) is 31.2 Å². The molecule has 21 heavy (non-hydrogen) atoms. The van der Waals surface area contributed by atoms with Crippen LogP contribution in [0.5, 0.6) is 0 Å². The van der Waals surface area contributed by atoms with Gasteiger partial charge in [0.1, 0.15) is 5.01 Å². The Morgan fingerprint density at radius 1 is 1.29 bits per heavy atom. The van der Waals surface area contributed by atoms with E-state index in [1.165, 1.54) is 34.7 Å². The number of hydrogen-bond acceptors (Lipinski definition) is 4. The number of hydrogen-bond donors (Lipinski definition) is 1. The largest absolute Gasteiger partial charge is 0.311 e. The van der Waals surface area contributed by atoms with Crippen molar-refractivity contribution in [1.82, 2.24) is 15.2 Å². The Morgan fingerprint density at radius 3 is 3.00 bits per heavy atom. The van der Waals surface area contributed by atoms with Gasteiger partial charge in [0.15, 0.2) is 0 Å². The monoisotopic (exact) mass is 301 g/mol. The van der Waals surface area contributed by atoms with Crippen LogP contribution in [0.25, 0.3) is 0 Å². The van der Waals surface area contributed by atoms with Gasteiger partial charge in [0.25, 0.3) is 0 Å². The maximum absolute atomic E-state index is 4.74. The van der Waals surface area contributed by atoms with E-state index in [0.29, 0.717) is 0 Å². The molecule has 0 aliphatic carbocycles. The Bertz CT molecular complexity index is 579. The lowest BCUT2D eigenvalue weighted by Crippen LogP contribution is -2.23. The Balaban J connectivity index is 1.64. The molecule has 0 unspecified atom stereocenters. The standard InChI is InChI=1S/C17H23N3S/c1-2-18-10-17-19-16(13-21-17)12-20-9-5-8-14-6-3-4-7-15(14)11-20/h3-4,6-7,13,18H,2,5,8-12H2,1H3. The maximum Gasteiger partial charge on any atom is 0.107 e. The highest BCUT2D eigenvalue weighted by molar-refractivity contribution is 7.09. The number of thiazole rings is 1. The highest BCUT2D eigenvalue weighted by Crippen LogP contribution is 2.20. The molecule has 0 amide bonds. The van der Waals surface area contributed by atoms with E-state index in [4.69, 9.17) is 4.98 Å². The topological polar surface area (TPSA) is 28.2 Å². The highest BCUT2D eigenvalue weighted by Gasteiger charge is 2.15. The van der Waals surface area contributed by atoms with Crippen LogP contribution >= 0.6 is 11.3 Å². The number of fused-ring (bicyclic) bond motifs is 1. The summed E-state index contributed by atoms with van der Waals surface area (Å²) in [7, 11) is 0. The van der Waals surface area contributed by atoms with Gasteiger partial charge in [-0.3, -0.25) is 4.90 Å². The second-order valence-electron chi connectivity index (χ2n) is 5.60. The second-order valence-corrected chi connectivity index (χ2v) is 6.54. The summed E-state index contributed by atoms with van der Waals surface area (Å²) in [6.07, 6.45) is 2.45. The quantitative estimate of drug-likeness (QED) is 0.919. The summed E-state index contributed by atoms with van der Waals surface area (Å²) in [6.45, 7) is 7.20. The molecule has 0 radical (unpaired) electrons. The lowest BCUT2D eigenvalue weighted by Gasteiger charge is -2.19. The Labute approximate surface area is 131 Å². The van der Waals surface area contributed by atoms with Crippen molar-refractivity contribution in [1.29, 1.82) is 0 Å². The van der Waals surface area contributed by atoms with Gasteiger partial charge in [-0.25, -0.2) is 4.98 Å². The summed E-state index contributed by atoms with van der Waals surface area (Å²) >= 11 is 1.77. The Morgan fingerprint density at radius 2 is 2.14 bits per heavy atom. The average molecular weight is 301 g/mol. The molecule has 1 aromatic carbocycles. The van der Waals surface area contributed by atoms with Crippen LogP contribution in [0.4, 0.5) is 0 Å². The number of aromatic nitrogens is 1. The number of nitrogens with zero attached hydrogens (tertiary/aromatic N) is 2. The molecule has 1 aromatic heterocycles. The maximum atomic E-state index is 4.74. The molecular weight excluding hydrogens is 278 g/mol. The van der Waals surface area contributed by atoms with Crippen LogP contribution in [0.1, 0.15) is 35.2 Å². The Hall–Kier alpha value is -1.23. The molecule has 0 spiro atoms. The molecule has 1 aliphatic heterocycles. The van der Waals surface area contributed by atoms with Gasteiger partial charge in [-0.15, -0.1) is 11.3 Å². The van der Waals surface area contributed by atoms with E-state index in [0.717, 1.165) is 32.7 Å². The van der Waals surface area contributed by atoms with E-state index >= 15 is 0 Å². The first-order chi connectivity index (χ1) is 10.3. The van der Waals surface area contributed by atoms with Crippen molar-refractivity contribution in [2.75, 3.05) is 13.1 Å². The summed E-state index contributed by atoms with van der Waals surface area (Å²) in [5.74, 6) is 0. The van der Waals surface area contributed by atoms with Crippen molar-refractivity contribution in [3.05, 3.63) is 51.5 Å². The molecule has 3 nitrogen and oxygen atoms in total. The SMILES string of the molecule is CCNCc1nc(CN2CCCc3ccccc3C2)cs1. The predicted molar refractivity (Wildman–Crippen MR) is 88.4 cm³/mol. The minimum atomic E-state index is 0.893. The van der Waals surface area contributed by atoms with E-state index in [9.17, 15) is 0 Å². The van der Waals surface area contributed by atoms with Gasteiger partial charge in [0, 0.05) is 25.0 Å².